The largest absolute Gasteiger partial charge is 0.466 e. The zero-order valence-corrected chi connectivity index (χ0v) is 17.6. The number of hydrogen-bond donors (Lipinski definition) is 0. The summed E-state index contributed by atoms with van der Waals surface area (Å²) in [5.41, 5.74) is -0.614. The highest BCUT2D eigenvalue weighted by Crippen LogP contribution is 2.47. The maximum Gasteiger partial charge on any atom is 0.317 e. The summed E-state index contributed by atoms with van der Waals surface area (Å²) < 4.78 is 19.2. The molecule has 154 valence electrons. The number of hydrogen-bond acceptors (Lipinski definition) is 7. The Labute approximate surface area is 175 Å². The second-order valence-electron chi connectivity index (χ2n) is 7.50. The van der Waals surface area contributed by atoms with Crippen LogP contribution in [0.3, 0.4) is 0 Å². The van der Waals surface area contributed by atoms with Crippen LogP contribution in [0.2, 0.25) is 0 Å². The number of aryl methyl sites for hydroxylation is 1. The summed E-state index contributed by atoms with van der Waals surface area (Å²) in [5, 5.41) is 0. The molecule has 2 aliphatic rings. The number of aromatic nitrogens is 1. The standard InChI is InChI=1S/C22H20N2O5S/c1-4-27-20(26)17-18-14-7-5-6-8-15(14)29-22(17,3)23-21-24(18)19(25)16(30-21)11-13-10-9-12(2)28-13/h5-11,17-18H,4H2,1-3H3/b16-11+/t17-,18+,22-/m0/s1. The van der Waals surface area contributed by atoms with E-state index < -0.39 is 23.7 Å². The summed E-state index contributed by atoms with van der Waals surface area (Å²) in [6.45, 7) is 5.61. The maximum atomic E-state index is 13.4. The van der Waals surface area contributed by atoms with Crippen molar-refractivity contribution in [2.75, 3.05) is 6.61 Å². The Morgan fingerprint density at radius 1 is 1.33 bits per heavy atom. The van der Waals surface area contributed by atoms with Crippen molar-refractivity contribution in [2.45, 2.75) is 32.5 Å². The molecule has 2 aromatic heterocycles. The Morgan fingerprint density at radius 3 is 2.87 bits per heavy atom. The molecule has 7 nitrogen and oxygen atoms in total. The van der Waals surface area contributed by atoms with Crippen LogP contribution in [0.25, 0.3) is 6.08 Å². The van der Waals surface area contributed by atoms with Gasteiger partial charge in [-0.15, -0.1) is 0 Å². The Balaban J connectivity index is 1.78. The van der Waals surface area contributed by atoms with E-state index in [-0.39, 0.29) is 12.2 Å². The van der Waals surface area contributed by atoms with Gasteiger partial charge in [0.1, 0.15) is 23.2 Å². The molecular formula is C22H20N2O5S. The Hall–Kier alpha value is -3.13. The molecule has 0 N–H and O–H groups in total. The molecule has 0 fully saturated rings. The van der Waals surface area contributed by atoms with Crippen molar-refractivity contribution in [1.82, 2.24) is 4.57 Å². The first kappa shape index (κ1) is 18.9. The van der Waals surface area contributed by atoms with Crippen LogP contribution in [0, 0.1) is 12.8 Å². The van der Waals surface area contributed by atoms with Crippen LogP contribution in [0.4, 0.5) is 0 Å². The molecule has 0 saturated heterocycles. The molecule has 0 radical (unpaired) electrons. The smallest absolute Gasteiger partial charge is 0.317 e. The van der Waals surface area contributed by atoms with Crippen molar-refractivity contribution in [3.05, 3.63) is 73.2 Å². The van der Waals surface area contributed by atoms with Crippen LogP contribution in [0.15, 0.2) is 50.6 Å². The lowest BCUT2D eigenvalue weighted by Crippen LogP contribution is -2.58. The Kier molecular flexibility index (Phi) is 4.21. The van der Waals surface area contributed by atoms with Gasteiger partial charge in [0.15, 0.2) is 4.80 Å². The number of rotatable bonds is 3. The van der Waals surface area contributed by atoms with E-state index >= 15 is 0 Å². The number of thiazole rings is 1. The molecular weight excluding hydrogens is 404 g/mol. The van der Waals surface area contributed by atoms with Crippen LogP contribution in [-0.4, -0.2) is 22.9 Å². The third kappa shape index (κ3) is 2.74. The average Bonchev–Trinajstić information content (AvgIpc) is 3.23. The molecule has 2 bridgehead atoms. The molecule has 3 atom stereocenters. The van der Waals surface area contributed by atoms with Crippen LogP contribution in [0.1, 0.15) is 37.0 Å². The van der Waals surface area contributed by atoms with E-state index in [4.69, 9.17) is 18.9 Å². The van der Waals surface area contributed by atoms with Crippen molar-refractivity contribution in [2.24, 2.45) is 10.9 Å². The van der Waals surface area contributed by atoms with Crippen LogP contribution < -0.4 is 19.6 Å². The van der Waals surface area contributed by atoms with Crippen LogP contribution >= 0.6 is 11.3 Å². The minimum absolute atomic E-state index is 0.217. The Morgan fingerprint density at radius 2 is 2.13 bits per heavy atom. The predicted molar refractivity (Wildman–Crippen MR) is 110 cm³/mol. The first-order valence-corrected chi connectivity index (χ1v) is 10.6. The highest BCUT2D eigenvalue weighted by atomic mass is 32.1. The van der Waals surface area contributed by atoms with Gasteiger partial charge in [-0.2, -0.15) is 0 Å². The SMILES string of the molecule is CCOC(=O)[C@@H]1[C@H]2c3ccccc3O[C@]1(C)N=c1s/c(=C/c3ccc(C)o3)c(=O)n12. The van der Waals surface area contributed by atoms with Crippen LogP contribution in [-0.2, 0) is 9.53 Å². The normalized spacial score (nSPS) is 24.4. The van der Waals surface area contributed by atoms with Crippen molar-refractivity contribution in [3.63, 3.8) is 0 Å². The molecule has 0 amide bonds. The molecule has 8 heteroatoms. The summed E-state index contributed by atoms with van der Waals surface area (Å²) in [4.78, 5) is 31.6. The predicted octanol–water partition coefficient (Wildman–Crippen LogP) is 2.15. The number of carbonyl (C=O) groups excluding carboxylic acids is 1. The fraction of sp³-hybridized carbons (Fsp3) is 0.318. The highest BCUT2D eigenvalue weighted by Gasteiger charge is 2.55. The number of furan rings is 1. The van der Waals surface area contributed by atoms with E-state index in [1.54, 1.807) is 24.5 Å². The van der Waals surface area contributed by atoms with Gasteiger partial charge in [0, 0.05) is 11.6 Å². The van der Waals surface area contributed by atoms with Crippen molar-refractivity contribution in [1.29, 1.82) is 0 Å². The fourth-order valence-electron chi connectivity index (χ4n) is 4.20. The van der Waals surface area contributed by atoms with Gasteiger partial charge < -0.3 is 13.9 Å². The molecule has 1 aromatic carbocycles. The van der Waals surface area contributed by atoms with E-state index in [1.807, 2.05) is 43.3 Å². The number of esters is 1. The summed E-state index contributed by atoms with van der Waals surface area (Å²) in [6.07, 6.45) is 1.71. The number of benzene rings is 1. The van der Waals surface area contributed by atoms with Gasteiger partial charge in [-0.3, -0.25) is 14.2 Å². The summed E-state index contributed by atoms with van der Waals surface area (Å²) in [7, 11) is 0. The number of carbonyl (C=O) groups is 1. The molecule has 0 aliphatic carbocycles. The molecule has 2 aliphatic heterocycles. The quantitative estimate of drug-likeness (QED) is 0.602. The van der Waals surface area contributed by atoms with Gasteiger partial charge >= 0.3 is 5.97 Å². The number of para-hydroxylation sites is 1. The van der Waals surface area contributed by atoms with E-state index in [0.717, 1.165) is 11.3 Å². The number of ether oxygens (including phenoxy) is 2. The number of fused-ring (bicyclic) bond motifs is 6. The second kappa shape index (κ2) is 6.70. The van der Waals surface area contributed by atoms with Gasteiger partial charge in [-0.1, -0.05) is 29.5 Å². The molecule has 4 heterocycles. The van der Waals surface area contributed by atoms with E-state index in [9.17, 15) is 9.59 Å². The van der Waals surface area contributed by atoms with Gasteiger partial charge in [0.2, 0.25) is 5.72 Å². The first-order valence-electron chi connectivity index (χ1n) is 9.75. The average molecular weight is 424 g/mol. The third-order valence-corrected chi connectivity index (χ3v) is 6.44. The van der Waals surface area contributed by atoms with Crippen molar-refractivity contribution < 1.29 is 18.7 Å². The summed E-state index contributed by atoms with van der Waals surface area (Å²) in [6, 6.07) is 10.5. The molecule has 0 spiro atoms. The fourth-order valence-corrected chi connectivity index (χ4v) is 5.28. The van der Waals surface area contributed by atoms with Gasteiger partial charge in [0.05, 0.1) is 17.2 Å². The first-order chi connectivity index (χ1) is 14.4. The highest BCUT2D eigenvalue weighted by molar-refractivity contribution is 7.07. The van der Waals surface area contributed by atoms with Crippen molar-refractivity contribution in [3.8, 4) is 5.75 Å². The monoisotopic (exact) mass is 424 g/mol. The molecule has 3 aromatic rings. The molecule has 0 saturated carbocycles. The number of nitrogens with zero attached hydrogens (tertiary/aromatic N) is 2. The van der Waals surface area contributed by atoms with E-state index in [2.05, 4.69) is 0 Å². The van der Waals surface area contributed by atoms with Crippen molar-refractivity contribution >= 4 is 23.4 Å². The summed E-state index contributed by atoms with van der Waals surface area (Å²) >= 11 is 1.26. The van der Waals surface area contributed by atoms with Gasteiger partial charge in [-0.25, -0.2) is 4.99 Å². The lowest BCUT2D eigenvalue weighted by molar-refractivity contribution is -0.160. The molecule has 30 heavy (non-hydrogen) atoms. The zero-order chi connectivity index (χ0) is 21.0. The van der Waals surface area contributed by atoms with E-state index in [0.29, 0.717) is 20.8 Å². The minimum atomic E-state index is -1.17. The lowest BCUT2D eigenvalue weighted by atomic mass is 9.81. The summed E-state index contributed by atoms with van der Waals surface area (Å²) in [5.74, 6) is 0.771. The maximum absolute atomic E-state index is 13.4. The Bertz CT molecular complexity index is 1330. The van der Waals surface area contributed by atoms with Gasteiger partial charge in [-0.05, 0) is 39.0 Å². The van der Waals surface area contributed by atoms with Crippen LogP contribution in [0.5, 0.6) is 5.75 Å². The second-order valence-corrected chi connectivity index (χ2v) is 8.51. The lowest BCUT2D eigenvalue weighted by Gasteiger charge is -2.44. The van der Waals surface area contributed by atoms with E-state index in [1.165, 1.54) is 11.3 Å². The van der Waals surface area contributed by atoms with Gasteiger partial charge in [0.25, 0.3) is 5.56 Å². The zero-order valence-electron chi connectivity index (χ0n) is 16.7. The third-order valence-electron chi connectivity index (χ3n) is 5.45. The molecule has 5 rings (SSSR count). The minimum Gasteiger partial charge on any atom is -0.466 e. The topological polar surface area (TPSA) is 83.0 Å². The molecule has 0 unspecified atom stereocenters.